The Morgan fingerprint density at radius 1 is 0.457 bits per heavy atom. The van der Waals surface area contributed by atoms with Crippen LogP contribution >= 0.6 is 0 Å². The van der Waals surface area contributed by atoms with Crippen molar-refractivity contribution in [1.29, 1.82) is 0 Å². The highest BCUT2D eigenvalue weighted by molar-refractivity contribution is 5.69. The van der Waals surface area contributed by atoms with Gasteiger partial charge in [-0.05, 0) is 64.2 Å². The maximum Gasteiger partial charge on any atom is 0.306 e. The third-order valence-electron chi connectivity index (χ3n) is 13.7. The molecule has 2 rings (SSSR count). The first-order valence-electron chi connectivity index (χ1n) is 28.4. The van der Waals surface area contributed by atoms with E-state index in [4.69, 9.17) is 28.4 Å². The number of rotatable bonds is 46. The van der Waals surface area contributed by atoms with E-state index in [0.717, 1.165) is 57.8 Å². The molecule has 2 aliphatic rings. The van der Waals surface area contributed by atoms with Crippen LogP contribution in [0, 0.1) is 0 Å². The highest BCUT2D eigenvalue weighted by Crippen LogP contribution is 2.27. The third kappa shape index (κ3) is 30.6. The van der Waals surface area contributed by atoms with Crippen molar-refractivity contribution in [3.05, 3.63) is 24.3 Å². The number of allylic oxidation sites excluding steroid dienone is 4. The maximum absolute atomic E-state index is 13.0. The van der Waals surface area contributed by atoms with Crippen LogP contribution in [0.15, 0.2) is 24.3 Å². The fourth-order valence-electron chi connectivity index (χ4n) is 9.04. The van der Waals surface area contributed by atoms with Gasteiger partial charge in [-0.3, -0.25) is 4.79 Å². The van der Waals surface area contributed by atoms with Gasteiger partial charge in [0.1, 0.15) is 54.9 Å². The molecule has 2 saturated heterocycles. The summed E-state index contributed by atoms with van der Waals surface area (Å²) in [5, 5.41) is 72.3. The summed E-state index contributed by atoms with van der Waals surface area (Å²) >= 11 is 0. The Bertz CT molecular complexity index is 1250. The summed E-state index contributed by atoms with van der Waals surface area (Å²) in [5.74, 6) is -0.382. The topological polar surface area (TPSA) is 214 Å². The Kier molecular flexibility index (Phi) is 40.4. The highest BCUT2D eigenvalue weighted by Gasteiger charge is 2.47. The molecular formula is C56H104O14. The lowest BCUT2D eigenvalue weighted by Crippen LogP contribution is -2.61. The minimum Gasteiger partial charge on any atom is -0.457 e. The summed E-state index contributed by atoms with van der Waals surface area (Å²) in [4.78, 5) is 13.0. The summed E-state index contributed by atoms with van der Waals surface area (Å²) in [6, 6.07) is 0. The van der Waals surface area contributed by atoms with Gasteiger partial charge in [-0.1, -0.05) is 179 Å². The molecule has 0 amide bonds. The minimum atomic E-state index is -1.71. The molecule has 0 aromatic carbocycles. The fourth-order valence-corrected chi connectivity index (χ4v) is 9.04. The summed E-state index contributed by atoms with van der Waals surface area (Å²) in [6.45, 7) is 3.70. The molecule has 0 aromatic heterocycles. The third-order valence-corrected chi connectivity index (χ3v) is 13.7. The van der Waals surface area contributed by atoms with Crippen LogP contribution in [0.5, 0.6) is 0 Å². The van der Waals surface area contributed by atoms with Crippen molar-refractivity contribution >= 4 is 5.97 Å². The van der Waals surface area contributed by atoms with Crippen LogP contribution < -0.4 is 0 Å². The zero-order valence-electron chi connectivity index (χ0n) is 44.0. The van der Waals surface area contributed by atoms with Gasteiger partial charge in [-0.15, -0.1) is 0 Å². The number of esters is 1. The summed E-state index contributed by atoms with van der Waals surface area (Å²) in [6.07, 6.45) is 32.3. The van der Waals surface area contributed by atoms with Crippen molar-refractivity contribution < 1.29 is 69.0 Å². The van der Waals surface area contributed by atoms with Crippen LogP contribution in [0.4, 0.5) is 0 Å². The van der Waals surface area contributed by atoms with Crippen LogP contribution in [0.3, 0.4) is 0 Å². The molecule has 2 fully saturated rings. The molecule has 7 N–H and O–H groups in total. The molecule has 11 atom stereocenters. The van der Waals surface area contributed by atoms with Gasteiger partial charge in [-0.2, -0.15) is 0 Å². The first-order valence-corrected chi connectivity index (χ1v) is 28.4. The number of carbonyl (C=O) groups is 1. The molecule has 2 heterocycles. The highest BCUT2D eigenvalue weighted by atomic mass is 16.7. The molecule has 0 aromatic rings. The van der Waals surface area contributed by atoms with E-state index in [9.17, 15) is 40.5 Å². The normalized spacial score (nSPS) is 25.6. The lowest BCUT2D eigenvalue weighted by Gasteiger charge is -2.42. The van der Waals surface area contributed by atoms with E-state index in [2.05, 4.69) is 38.2 Å². The van der Waals surface area contributed by atoms with E-state index in [0.29, 0.717) is 13.0 Å². The molecule has 14 nitrogen and oxygen atoms in total. The number of hydrogen-bond donors (Lipinski definition) is 7. The Hall–Kier alpha value is -1.53. The lowest BCUT2D eigenvalue weighted by molar-refractivity contribution is -0.332. The molecular weight excluding hydrogens is 897 g/mol. The van der Waals surface area contributed by atoms with Gasteiger partial charge in [-0.25, -0.2) is 0 Å². The van der Waals surface area contributed by atoms with E-state index < -0.39 is 80.7 Å². The van der Waals surface area contributed by atoms with Crippen molar-refractivity contribution in [2.45, 2.75) is 293 Å². The zero-order chi connectivity index (χ0) is 50.9. The van der Waals surface area contributed by atoms with Crippen molar-refractivity contribution in [3.8, 4) is 0 Å². The first-order chi connectivity index (χ1) is 34.1. The quantitative estimate of drug-likeness (QED) is 0.0172. The van der Waals surface area contributed by atoms with Crippen molar-refractivity contribution in [2.24, 2.45) is 0 Å². The van der Waals surface area contributed by atoms with Crippen LogP contribution in [0.1, 0.15) is 226 Å². The number of aliphatic hydroxyl groups is 7. The predicted molar refractivity (Wildman–Crippen MR) is 275 cm³/mol. The van der Waals surface area contributed by atoms with Gasteiger partial charge in [0.05, 0.1) is 26.4 Å². The number of unbranched alkanes of at least 4 members (excludes halogenated alkanes) is 28. The van der Waals surface area contributed by atoms with E-state index >= 15 is 0 Å². The van der Waals surface area contributed by atoms with Gasteiger partial charge < -0.3 is 64.2 Å². The van der Waals surface area contributed by atoms with Crippen molar-refractivity contribution in [3.63, 3.8) is 0 Å². The number of aliphatic hydroxyl groups excluding tert-OH is 7. The fraction of sp³-hybridized carbons (Fsp3) is 0.911. The predicted octanol–water partition coefficient (Wildman–Crippen LogP) is 9.58. The van der Waals surface area contributed by atoms with E-state index in [1.54, 1.807) is 0 Å². The standard InChI is InChI=1S/C56H104O14/c1-3-5-7-9-11-13-15-17-19-21-22-23-24-26-28-30-32-34-36-38-40-65-42-45(68-48(58)39-37-35-33-31-29-27-25-20-18-16-14-12-10-8-6-4-2)43-66-55-54(64)52(62)50(60)47(70-55)44-67-56-53(63)51(61)49(59)46(41-57)69-56/h17,19-20,25,45-47,49-57,59-64H,3-16,18,21-24,26-44H2,1-2H3/b19-17-,25-20-. The molecule has 0 bridgehead atoms. The van der Waals surface area contributed by atoms with Gasteiger partial charge >= 0.3 is 5.97 Å². The van der Waals surface area contributed by atoms with Crippen LogP contribution in [-0.2, 0) is 33.2 Å². The van der Waals surface area contributed by atoms with Gasteiger partial charge in [0, 0.05) is 13.0 Å². The molecule has 0 radical (unpaired) electrons. The van der Waals surface area contributed by atoms with Crippen LogP contribution in [0.25, 0.3) is 0 Å². The van der Waals surface area contributed by atoms with Crippen molar-refractivity contribution in [2.75, 3.05) is 33.0 Å². The summed E-state index contributed by atoms with van der Waals surface area (Å²) in [7, 11) is 0. The monoisotopic (exact) mass is 1000 g/mol. The zero-order valence-corrected chi connectivity index (χ0v) is 44.0. The molecule has 0 saturated carbocycles. The second-order valence-electron chi connectivity index (χ2n) is 20.1. The second-order valence-corrected chi connectivity index (χ2v) is 20.1. The largest absolute Gasteiger partial charge is 0.457 e. The van der Waals surface area contributed by atoms with E-state index in [-0.39, 0.29) is 25.6 Å². The lowest BCUT2D eigenvalue weighted by atomic mass is 9.98. The molecule has 14 heteroatoms. The summed E-state index contributed by atoms with van der Waals surface area (Å²) in [5.41, 5.74) is 0. The molecule has 412 valence electrons. The Balaban J connectivity index is 1.73. The molecule has 0 aliphatic carbocycles. The number of hydrogen-bond acceptors (Lipinski definition) is 14. The molecule has 2 aliphatic heterocycles. The Morgan fingerprint density at radius 2 is 0.843 bits per heavy atom. The van der Waals surface area contributed by atoms with Gasteiger partial charge in [0.25, 0.3) is 0 Å². The Labute approximate surface area is 424 Å². The minimum absolute atomic E-state index is 0.0603. The summed E-state index contributed by atoms with van der Waals surface area (Å²) < 4.78 is 34.4. The smallest absolute Gasteiger partial charge is 0.306 e. The maximum atomic E-state index is 13.0. The average molecular weight is 1000 g/mol. The van der Waals surface area contributed by atoms with Gasteiger partial charge in [0.2, 0.25) is 0 Å². The average Bonchev–Trinajstić information content (AvgIpc) is 3.36. The van der Waals surface area contributed by atoms with E-state index in [1.807, 2.05) is 0 Å². The molecule has 0 spiro atoms. The SMILES string of the molecule is CCCCCCCC/C=C\CCCCCCCCCCCCOCC(COC1OC(COC2OC(CO)C(O)C(O)C2O)C(O)C(O)C1O)OC(=O)CCCCCCC/C=C\CCCCCCCCC. The first kappa shape index (κ1) is 64.6. The second kappa shape index (κ2) is 43.8. The van der Waals surface area contributed by atoms with Crippen LogP contribution in [-0.4, -0.2) is 142 Å². The van der Waals surface area contributed by atoms with Crippen LogP contribution in [0.2, 0.25) is 0 Å². The molecule has 70 heavy (non-hydrogen) atoms. The molecule has 11 unspecified atom stereocenters. The van der Waals surface area contributed by atoms with E-state index in [1.165, 1.54) is 141 Å². The number of carbonyl (C=O) groups excluding carboxylic acids is 1. The Morgan fingerprint density at radius 3 is 1.30 bits per heavy atom. The van der Waals surface area contributed by atoms with Gasteiger partial charge in [0.15, 0.2) is 12.6 Å². The van der Waals surface area contributed by atoms with Crippen molar-refractivity contribution in [1.82, 2.24) is 0 Å². The number of ether oxygens (including phenoxy) is 6.